The number of piperazine rings is 1. The van der Waals surface area contributed by atoms with Gasteiger partial charge in [-0.1, -0.05) is 56.0 Å². The van der Waals surface area contributed by atoms with Crippen LogP contribution in [0.25, 0.3) is 0 Å². The van der Waals surface area contributed by atoms with E-state index in [1.807, 2.05) is 43.3 Å². The summed E-state index contributed by atoms with van der Waals surface area (Å²) in [4.78, 5) is 48.3. The second kappa shape index (κ2) is 11.3. The lowest BCUT2D eigenvalue weighted by Crippen LogP contribution is -2.57. The minimum atomic E-state index is -1.11. The molecule has 3 saturated heterocycles. The molecule has 1 aromatic carbocycles. The van der Waals surface area contributed by atoms with E-state index in [0.29, 0.717) is 18.8 Å². The zero-order valence-corrected chi connectivity index (χ0v) is 23.8. The highest BCUT2D eigenvalue weighted by atomic mass is 16.5. The van der Waals surface area contributed by atoms with Crippen LogP contribution in [0.1, 0.15) is 44.6 Å². The molecular formula is C31H43N5O4. The molecule has 1 aromatic rings. The molecule has 3 unspecified atom stereocenters. The molecule has 6 rings (SSSR count). The molecular weight excluding hydrogens is 506 g/mol. The molecule has 4 aliphatic heterocycles. The number of hydrogen-bond donors (Lipinski definition) is 2. The van der Waals surface area contributed by atoms with Gasteiger partial charge in [-0.15, -0.1) is 0 Å². The number of anilines is 1. The quantitative estimate of drug-likeness (QED) is 0.483. The monoisotopic (exact) mass is 549 g/mol. The van der Waals surface area contributed by atoms with Gasteiger partial charge in [0.25, 0.3) is 0 Å². The Hall–Kier alpha value is -2.75. The lowest BCUT2D eigenvalue weighted by atomic mass is 9.74. The van der Waals surface area contributed by atoms with Crippen LogP contribution in [-0.4, -0.2) is 102 Å². The Balaban J connectivity index is 1.24. The van der Waals surface area contributed by atoms with Crippen LogP contribution < -0.4 is 10.6 Å². The molecule has 4 heterocycles. The van der Waals surface area contributed by atoms with Gasteiger partial charge in [0.05, 0.1) is 17.9 Å². The molecule has 2 N–H and O–H groups in total. The summed E-state index contributed by atoms with van der Waals surface area (Å²) in [7, 11) is 0. The standard InChI is InChI=1S/C31H43N5O4/c1-3-34-15-17-35(18-16-34)19-20-36-27(29(38)33-22-7-5-4-6-8-22)31-14-13-24(40-31)25(26(31)30(36)39)28(37)32-23-11-9-21(2)10-12-23/h9-14,22,24-27H,3-8,15-20H2,1-2H3,(H,32,37)(H,33,38)/t24-,25?,26-,27?,31?/m1/s1. The number of nitrogens with one attached hydrogen (secondary N) is 2. The van der Waals surface area contributed by atoms with E-state index in [9.17, 15) is 14.4 Å². The lowest BCUT2D eigenvalue weighted by Gasteiger charge is -2.37. The van der Waals surface area contributed by atoms with Crippen LogP contribution in [0.2, 0.25) is 0 Å². The third-order valence-corrected chi connectivity index (χ3v) is 9.76. The summed E-state index contributed by atoms with van der Waals surface area (Å²) in [5, 5.41) is 6.28. The molecule has 5 atom stereocenters. The van der Waals surface area contributed by atoms with E-state index in [4.69, 9.17) is 4.74 Å². The first-order chi connectivity index (χ1) is 19.4. The Bertz CT molecular complexity index is 1140. The summed E-state index contributed by atoms with van der Waals surface area (Å²) < 4.78 is 6.50. The van der Waals surface area contributed by atoms with Gasteiger partial charge in [-0.3, -0.25) is 19.3 Å². The Morgan fingerprint density at radius 2 is 1.68 bits per heavy atom. The van der Waals surface area contributed by atoms with E-state index in [2.05, 4.69) is 27.4 Å². The SMILES string of the molecule is CCN1CCN(CCN2C(=O)[C@H]3C(C(=O)Nc4ccc(C)cc4)[C@H]4C=CC3(O4)C2C(=O)NC2CCCCC2)CC1. The predicted octanol–water partition coefficient (Wildman–Crippen LogP) is 2.17. The molecule has 0 aromatic heterocycles. The highest BCUT2D eigenvalue weighted by Crippen LogP contribution is 2.55. The maximum Gasteiger partial charge on any atom is 0.246 e. The molecule has 9 heteroatoms. The molecule has 9 nitrogen and oxygen atoms in total. The number of rotatable bonds is 8. The van der Waals surface area contributed by atoms with Crippen LogP contribution >= 0.6 is 0 Å². The first-order valence-corrected chi connectivity index (χ1v) is 15.2. The van der Waals surface area contributed by atoms with Gasteiger partial charge in [0.1, 0.15) is 11.6 Å². The van der Waals surface area contributed by atoms with Crippen molar-refractivity contribution in [3.63, 3.8) is 0 Å². The van der Waals surface area contributed by atoms with E-state index in [0.717, 1.165) is 64.0 Å². The zero-order valence-electron chi connectivity index (χ0n) is 23.8. The number of carbonyl (C=O) groups excluding carboxylic acids is 3. The molecule has 3 amide bonds. The van der Waals surface area contributed by atoms with E-state index >= 15 is 0 Å². The van der Waals surface area contributed by atoms with Gasteiger partial charge in [-0.2, -0.15) is 0 Å². The molecule has 4 fully saturated rings. The van der Waals surface area contributed by atoms with Crippen molar-refractivity contribution in [3.8, 4) is 0 Å². The molecule has 5 aliphatic rings. The predicted molar refractivity (Wildman–Crippen MR) is 153 cm³/mol. The van der Waals surface area contributed by atoms with Gasteiger partial charge < -0.3 is 25.2 Å². The summed E-state index contributed by atoms with van der Waals surface area (Å²) >= 11 is 0. The average molecular weight is 550 g/mol. The van der Waals surface area contributed by atoms with Gasteiger partial charge in [-0.25, -0.2) is 0 Å². The molecule has 0 radical (unpaired) electrons. The van der Waals surface area contributed by atoms with Gasteiger partial charge >= 0.3 is 0 Å². The molecule has 1 spiro atoms. The number of ether oxygens (including phenoxy) is 1. The number of benzene rings is 1. The van der Waals surface area contributed by atoms with Crippen molar-refractivity contribution in [2.24, 2.45) is 11.8 Å². The van der Waals surface area contributed by atoms with Crippen molar-refractivity contribution in [3.05, 3.63) is 42.0 Å². The Morgan fingerprint density at radius 3 is 2.38 bits per heavy atom. The minimum Gasteiger partial charge on any atom is -0.359 e. The summed E-state index contributed by atoms with van der Waals surface area (Å²) in [6.45, 7) is 10.3. The normalized spacial score (nSPS) is 32.5. The van der Waals surface area contributed by atoms with Crippen LogP contribution in [0.15, 0.2) is 36.4 Å². The third kappa shape index (κ3) is 4.97. The number of likely N-dealkylation sites (tertiary alicyclic amines) is 1. The van der Waals surface area contributed by atoms with Gasteiger partial charge in [0, 0.05) is 51.0 Å². The van der Waals surface area contributed by atoms with Crippen LogP contribution in [0, 0.1) is 18.8 Å². The number of aryl methyl sites for hydroxylation is 1. The maximum absolute atomic E-state index is 14.2. The summed E-state index contributed by atoms with van der Waals surface area (Å²) in [5.41, 5.74) is 0.681. The van der Waals surface area contributed by atoms with Crippen molar-refractivity contribution < 1.29 is 19.1 Å². The van der Waals surface area contributed by atoms with Crippen molar-refractivity contribution in [2.45, 2.75) is 69.7 Å². The lowest BCUT2D eigenvalue weighted by molar-refractivity contribution is -0.141. The van der Waals surface area contributed by atoms with Crippen LogP contribution in [-0.2, 0) is 19.1 Å². The summed E-state index contributed by atoms with van der Waals surface area (Å²) in [6.07, 6.45) is 8.61. The van der Waals surface area contributed by atoms with Crippen molar-refractivity contribution in [1.29, 1.82) is 0 Å². The van der Waals surface area contributed by atoms with Crippen molar-refractivity contribution in [2.75, 3.05) is 51.1 Å². The van der Waals surface area contributed by atoms with Gasteiger partial charge in [-0.05, 0) is 38.4 Å². The second-order valence-corrected chi connectivity index (χ2v) is 12.2. The fourth-order valence-corrected chi connectivity index (χ4v) is 7.48. The van der Waals surface area contributed by atoms with E-state index in [1.165, 1.54) is 6.42 Å². The fourth-order valence-electron chi connectivity index (χ4n) is 7.48. The smallest absolute Gasteiger partial charge is 0.246 e. The number of amides is 3. The Labute approximate surface area is 237 Å². The molecule has 40 heavy (non-hydrogen) atoms. The number of nitrogens with zero attached hydrogens (tertiary/aromatic N) is 3. The maximum atomic E-state index is 14.2. The highest BCUT2D eigenvalue weighted by Gasteiger charge is 2.72. The van der Waals surface area contributed by atoms with Gasteiger partial charge in [0.2, 0.25) is 17.7 Å². The Morgan fingerprint density at radius 1 is 0.975 bits per heavy atom. The highest BCUT2D eigenvalue weighted by molar-refractivity contribution is 6.02. The van der Waals surface area contributed by atoms with Crippen LogP contribution in [0.3, 0.4) is 0 Å². The Kier molecular flexibility index (Phi) is 7.72. The van der Waals surface area contributed by atoms with Crippen LogP contribution in [0.5, 0.6) is 0 Å². The van der Waals surface area contributed by atoms with E-state index < -0.39 is 29.6 Å². The first-order valence-electron chi connectivity index (χ1n) is 15.2. The van der Waals surface area contributed by atoms with Gasteiger partial charge in [0.15, 0.2) is 0 Å². The van der Waals surface area contributed by atoms with Crippen molar-refractivity contribution >= 4 is 23.4 Å². The van der Waals surface area contributed by atoms with E-state index in [1.54, 1.807) is 4.90 Å². The number of hydrogen-bond acceptors (Lipinski definition) is 6. The number of fused-ring (bicyclic) bond motifs is 1. The average Bonchev–Trinajstić information content (AvgIpc) is 3.61. The molecule has 1 saturated carbocycles. The molecule has 1 aliphatic carbocycles. The second-order valence-electron chi connectivity index (χ2n) is 12.2. The minimum absolute atomic E-state index is 0.124. The first kappa shape index (κ1) is 27.4. The summed E-state index contributed by atoms with van der Waals surface area (Å²) in [5.74, 6) is -1.92. The van der Waals surface area contributed by atoms with E-state index in [-0.39, 0.29) is 23.8 Å². The molecule has 2 bridgehead atoms. The van der Waals surface area contributed by atoms with Crippen molar-refractivity contribution in [1.82, 2.24) is 20.0 Å². The largest absolute Gasteiger partial charge is 0.359 e. The molecule has 216 valence electrons. The fraction of sp³-hybridized carbons (Fsp3) is 0.645. The third-order valence-electron chi connectivity index (χ3n) is 9.76. The van der Waals surface area contributed by atoms with Crippen LogP contribution in [0.4, 0.5) is 5.69 Å². The number of likely N-dealkylation sites (N-methyl/N-ethyl adjacent to an activating group) is 1. The number of carbonyl (C=O) groups is 3. The summed E-state index contributed by atoms with van der Waals surface area (Å²) in [6, 6.07) is 6.98. The zero-order chi connectivity index (χ0) is 27.9. The topological polar surface area (TPSA) is 94.2 Å².